The predicted molar refractivity (Wildman–Crippen MR) is 79.0 cm³/mol. The van der Waals surface area contributed by atoms with Crippen LogP contribution in [0.25, 0.3) is 0 Å². The van der Waals surface area contributed by atoms with Gasteiger partial charge in [-0.25, -0.2) is 0 Å². The number of halogens is 2. The number of rotatable bonds is 6. The zero-order valence-corrected chi connectivity index (χ0v) is 12.5. The van der Waals surface area contributed by atoms with Crippen LogP contribution in [0.15, 0.2) is 30.9 Å². The summed E-state index contributed by atoms with van der Waals surface area (Å²) in [6, 6.07) is 5.11. The fourth-order valence-corrected chi connectivity index (χ4v) is 1.83. The van der Waals surface area contributed by atoms with Crippen molar-refractivity contribution in [1.29, 1.82) is 0 Å². The van der Waals surface area contributed by atoms with Crippen LogP contribution in [0.1, 0.15) is 13.3 Å². The molecule has 3 nitrogen and oxygen atoms in total. The summed E-state index contributed by atoms with van der Waals surface area (Å²) in [5, 5.41) is 0.936. The van der Waals surface area contributed by atoms with Crippen LogP contribution < -0.4 is 4.74 Å². The summed E-state index contributed by atoms with van der Waals surface area (Å²) < 4.78 is 5.79. The Kier molecular flexibility index (Phi) is 6.19. The molecule has 0 bridgehead atoms. The van der Waals surface area contributed by atoms with E-state index in [0.29, 0.717) is 22.3 Å². The van der Waals surface area contributed by atoms with Crippen LogP contribution in [-0.4, -0.2) is 30.5 Å². The molecule has 0 fully saturated rings. The summed E-state index contributed by atoms with van der Waals surface area (Å²) in [6.07, 6.45) is 1.95. The van der Waals surface area contributed by atoms with Crippen molar-refractivity contribution in [2.24, 2.45) is 0 Å². The molecular formula is C14H17Cl2NO2. The number of nitrogens with zero attached hydrogens (tertiary/aromatic N) is 1. The Morgan fingerprint density at radius 3 is 2.68 bits per heavy atom. The highest BCUT2D eigenvalue weighted by Gasteiger charge is 2.14. The van der Waals surface area contributed by atoms with Crippen LogP contribution in [0.3, 0.4) is 0 Å². The second-order valence-electron chi connectivity index (χ2n) is 4.15. The lowest BCUT2D eigenvalue weighted by Gasteiger charge is -2.23. The van der Waals surface area contributed by atoms with Crippen molar-refractivity contribution in [2.75, 3.05) is 13.6 Å². The van der Waals surface area contributed by atoms with Gasteiger partial charge in [-0.1, -0.05) is 36.7 Å². The van der Waals surface area contributed by atoms with Gasteiger partial charge in [0.2, 0.25) is 5.91 Å². The number of hydrogen-bond donors (Lipinski definition) is 0. The van der Waals surface area contributed by atoms with Gasteiger partial charge in [-0.05, 0) is 24.6 Å². The molecular weight excluding hydrogens is 285 g/mol. The maximum atomic E-state index is 11.4. The molecule has 0 N–H and O–H groups in total. The van der Waals surface area contributed by atoms with Gasteiger partial charge in [0.1, 0.15) is 11.9 Å². The second kappa shape index (κ2) is 7.41. The van der Waals surface area contributed by atoms with Crippen molar-refractivity contribution in [1.82, 2.24) is 4.90 Å². The fraction of sp³-hybridized carbons (Fsp3) is 0.357. The largest absolute Gasteiger partial charge is 0.489 e. The minimum absolute atomic E-state index is 0.105. The van der Waals surface area contributed by atoms with Gasteiger partial charge in [0.25, 0.3) is 0 Å². The Bertz CT molecular complexity index is 463. The van der Waals surface area contributed by atoms with Gasteiger partial charge in [0.15, 0.2) is 0 Å². The zero-order valence-electron chi connectivity index (χ0n) is 11.0. The van der Waals surface area contributed by atoms with Crippen LogP contribution in [0, 0.1) is 0 Å². The molecule has 0 radical (unpaired) electrons. The van der Waals surface area contributed by atoms with Crippen molar-refractivity contribution < 1.29 is 9.53 Å². The monoisotopic (exact) mass is 301 g/mol. The first-order chi connectivity index (χ1) is 8.97. The van der Waals surface area contributed by atoms with Crippen LogP contribution >= 0.6 is 23.2 Å². The van der Waals surface area contributed by atoms with E-state index in [1.807, 2.05) is 6.92 Å². The normalized spacial score (nSPS) is 11.8. The smallest absolute Gasteiger partial charge is 0.245 e. The third-order valence-electron chi connectivity index (χ3n) is 2.68. The minimum atomic E-state index is -0.129. The minimum Gasteiger partial charge on any atom is -0.489 e. The lowest BCUT2D eigenvalue weighted by atomic mass is 10.2. The first-order valence-corrected chi connectivity index (χ1v) is 6.72. The van der Waals surface area contributed by atoms with Gasteiger partial charge in [0, 0.05) is 13.1 Å². The Morgan fingerprint density at radius 2 is 2.16 bits per heavy atom. The topological polar surface area (TPSA) is 29.5 Å². The van der Waals surface area contributed by atoms with Crippen molar-refractivity contribution >= 4 is 29.1 Å². The summed E-state index contributed by atoms with van der Waals surface area (Å²) >= 11 is 11.8. The molecule has 0 saturated heterocycles. The van der Waals surface area contributed by atoms with E-state index in [0.717, 1.165) is 6.42 Å². The lowest BCUT2D eigenvalue weighted by Crippen LogP contribution is -2.35. The van der Waals surface area contributed by atoms with Gasteiger partial charge in [0.05, 0.1) is 16.6 Å². The van der Waals surface area contributed by atoms with E-state index in [9.17, 15) is 4.79 Å². The van der Waals surface area contributed by atoms with Crippen LogP contribution in [0.5, 0.6) is 5.75 Å². The Balaban J connectivity index is 2.68. The van der Waals surface area contributed by atoms with Crippen LogP contribution in [0.4, 0.5) is 0 Å². The van der Waals surface area contributed by atoms with Crippen molar-refractivity contribution in [2.45, 2.75) is 19.4 Å². The average molecular weight is 302 g/mol. The molecule has 0 saturated carbocycles. The van der Waals surface area contributed by atoms with Crippen molar-refractivity contribution in [3.05, 3.63) is 40.9 Å². The SMILES string of the molecule is C=CC(=O)N(C)CC(CC)Oc1ccc(Cl)c(Cl)c1. The van der Waals surface area contributed by atoms with Gasteiger partial charge >= 0.3 is 0 Å². The molecule has 0 aliphatic rings. The highest BCUT2D eigenvalue weighted by molar-refractivity contribution is 6.42. The van der Waals surface area contributed by atoms with Crippen molar-refractivity contribution in [3.8, 4) is 5.75 Å². The Labute approximate surface area is 123 Å². The number of amides is 1. The summed E-state index contributed by atoms with van der Waals surface area (Å²) in [5.74, 6) is 0.511. The molecule has 1 unspecified atom stereocenters. The third kappa shape index (κ3) is 4.77. The van der Waals surface area contributed by atoms with Crippen LogP contribution in [0.2, 0.25) is 10.0 Å². The standard InChI is InChI=1S/C14H17Cl2NO2/c1-4-10(9-17(3)14(18)5-2)19-11-6-7-12(15)13(16)8-11/h5-8,10H,2,4,9H2,1,3H3. The van der Waals surface area contributed by atoms with Crippen molar-refractivity contribution in [3.63, 3.8) is 0 Å². The predicted octanol–water partition coefficient (Wildman–Crippen LogP) is 3.80. The molecule has 1 aromatic rings. The molecule has 0 spiro atoms. The van der Waals surface area contributed by atoms with Gasteiger partial charge in [-0.2, -0.15) is 0 Å². The molecule has 5 heteroatoms. The quantitative estimate of drug-likeness (QED) is 0.748. The van der Waals surface area contributed by atoms with Gasteiger partial charge in [-0.3, -0.25) is 4.79 Å². The second-order valence-corrected chi connectivity index (χ2v) is 4.96. The average Bonchev–Trinajstić information content (AvgIpc) is 2.40. The van der Waals surface area contributed by atoms with E-state index < -0.39 is 0 Å². The highest BCUT2D eigenvalue weighted by Crippen LogP contribution is 2.27. The molecule has 104 valence electrons. The van der Waals surface area contributed by atoms with E-state index in [-0.39, 0.29) is 12.0 Å². The number of hydrogen-bond acceptors (Lipinski definition) is 2. The number of benzene rings is 1. The molecule has 19 heavy (non-hydrogen) atoms. The Hall–Kier alpha value is -1.19. The van der Waals surface area contributed by atoms with E-state index in [2.05, 4.69) is 6.58 Å². The zero-order chi connectivity index (χ0) is 14.4. The summed E-state index contributed by atoms with van der Waals surface area (Å²) in [6.45, 7) is 5.94. The van der Waals surface area contributed by atoms with E-state index in [1.165, 1.54) is 6.08 Å². The van der Waals surface area contributed by atoms with Crippen LogP contribution in [-0.2, 0) is 4.79 Å². The Morgan fingerprint density at radius 1 is 1.47 bits per heavy atom. The summed E-state index contributed by atoms with van der Waals surface area (Å²) in [7, 11) is 1.71. The molecule has 0 heterocycles. The molecule has 0 aromatic heterocycles. The molecule has 1 atom stereocenters. The molecule has 1 rings (SSSR count). The maximum absolute atomic E-state index is 11.4. The van der Waals surface area contributed by atoms with E-state index >= 15 is 0 Å². The molecule has 0 aliphatic heterocycles. The number of carbonyl (C=O) groups excluding carboxylic acids is 1. The number of carbonyl (C=O) groups is 1. The first kappa shape index (κ1) is 15.9. The van der Waals surface area contributed by atoms with Gasteiger partial charge < -0.3 is 9.64 Å². The molecule has 0 aliphatic carbocycles. The number of likely N-dealkylation sites (N-methyl/N-ethyl adjacent to an activating group) is 1. The highest BCUT2D eigenvalue weighted by atomic mass is 35.5. The molecule has 1 amide bonds. The maximum Gasteiger partial charge on any atom is 0.245 e. The molecule has 1 aromatic carbocycles. The van der Waals surface area contributed by atoms with E-state index in [4.69, 9.17) is 27.9 Å². The first-order valence-electron chi connectivity index (χ1n) is 5.97. The summed E-state index contributed by atoms with van der Waals surface area (Å²) in [4.78, 5) is 13.0. The van der Waals surface area contributed by atoms with E-state index in [1.54, 1.807) is 30.1 Å². The summed E-state index contributed by atoms with van der Waals surface area (Å²) in [5.41, 5.74) is 0. The lowest BCUT2D eigenvalue weighted by molar-refractivity contribution is -0.125. The number of ether oxygens (including phenoxy) is 1. The third-order valence-corrected chi connectivity index (χ3v) is 3.42. The van der Waals surface area contributed by atoms with Gasteiger partial charge in [-0.15, -0.1) is 0 Å². The fourth-order valence-electron chi connectivity index (χ4n) is 1.54.